The second kappa shape index (κ2) is 4.91. The lowest BCUT2D eigenvalue weighted by Gasteiger charge is -2.53. The molecule has 4 heteroatoms. The van der Waals surface area contributed by atoms with Gasteiger partial charge in [0.2, 0.25) is 0 Å². The molecule has 4 nitrogen and oxygen atoms in total. The van der Waals surface area contributed by atoms with Crippen molar-refractivity contribution in [3.8, 4) is 0 Å². The Morgan fingerprint density at radius 2 is 2.00 bits per heavy atom. The van der Waals surface area contributed by atoms with Crippen molar-refractivity contribution in [2.75, 3.05) is 0 Å². The number of rotatable bonds is 1. The van der Waals surface area contributed by atoms with Gasteiger partial charge in [-0.05, 0) is 56.3 Å². The van der Waals surface area contributed by atoms with Gasteiger partial charge in [-0.2, -0.15) is 5.48 Å². The van der Waals surface area contributed by atoms with Crippen molar-refractivity contribution in [1.29, 1.82) is 0 Å². The molecule has 108 valence electrons. The highest BCUT2D eigenvalue weighted by molar-refractivity contribution is 5.92. The molecule has 0 amide bonds. The molecule has 2 aliphatic carbocycles. The van der Waals surface area contributed by atoms with Crippen molar-refractivity contribution in [2.24, 2.45) is 22.4 Å². The number of oxime groups is 1. The summed E-state index contributed by atoms with van der Waals surface area (Å²) in [4.78, 5) is 0. The average molecular weight is 266 g/mol. The van der Waals surface area contributed by atoms with Gasteiger partial charge in [-0.25, -0.2) is 0 Å². The molecule has 2 fully saturated rings. The van der Waals surface area contributed by atoms with Gasteiger partial charge in [0.1, 0.15) is 0 Å². The van der Waals surface area contributed by atoms with E-state index in [1.54, 1.807) is 0 Å². The summed E-state index contributed by atoms with van der Waals surface area (Å²) in [6.07, 6.45) is 4.49. The molecule has 2 saturated carbocycles. The highest BCUT2D eigenvalue weighted by atomic mass is 16.5. The summed E-state index contributed by atoms with van der Waals surface area (Å²) in [6, 6.07) is 0. The van der Waals surface area contributed by atoms with Gasteiger partial charge < -0.3 is 10.4 Å². The topological polar surface area (TPSA) is 64.9 Å². The first-order valence-corrected chi connectivity index (χ1v) is 7.14. The lowest BCUT2D eigenvalue weighted by molar-refractivity contribution is -0.00532. The zero-order valence-electron chi connectivity index (χ0n) is 12.2. The highest BCUT2D eigenvalue weighted by Crippen LogP contribution is 2.56. The quantitative estimate of drug-likeness (QED) is 0.387. The van der Waals surface area contributed by atoms with Crippen molar-refractivity contribution in [1.82, 2.24) is 5.48 Å². The van der Waals surface area contributed by atoms with Crippen molar-refractivity contribution in [3.63, 3.8) is 0 Å². The third-order valence-corrected chi connectivity index (χ3v) is 5.40. The minimum Gasteiger partial charge on any atom is -0.411 e. The normalized spacial score (nSPS) is 40.8. The summed E-state index contributed by atoms with van der Waals surface area (Å²) >= 11 is 0. The first-order valence-electron chi connectivity index (χ1n) is 7.14. The zero-order chi connectivity index (χ0) is 14.3. The summed E-state index contributed by atoms with van der Waals surface area (Å²) in [5.74, 6) is 1.21. The van der Waals surface area contributed by atoms with E-state index in [1.807, 2.05) is 6.92 Å². The van der Waals surface area contributed by atoms with E-state index in [9.17, 15) is 10.4 Å². The molecule has 0 saturated heterocycles. The summed E-state index contributed by atoms with van der Waals surface area (Å²) in [5, 5.41) is 22.1. The molecule has 2 aliphatic rings. The molecule has 3 atom stereocenters. The van der Waals surface area contributed by atoms with Crippen LogP contribution in [0.2, 0.25) is 0 Å². The second-order valence-corrected chi connectivity index (χ2v) is 7.09. The van der Waals surface area contributed by atoms with Crippen LogP contribution in [0.25, 0.3) is 0 Å². The molecule has 0 unspecified atom stereocenters. The van der Waals surface area contributed by atoms with Crippen LogP contribution >= 0.6 is 0 Å². The summed E-state index contributed by atoms with van der Waals surface area (Å²) in [7, 11) is 0. The van der Waals surface area contributed by atoms with Gasteiger partial charge in [-0.1, -0.05) is 31.2 Å². The van der Waals surface area contributed by atoms with Crippen molar-refractivity contribution in [2.45, 2.75) is 58.4 Å². The maximum absolute atomic E-state index is 9.46. The smallest absolute Gasteiger partial charge is 0.0815 e. The van der Waals surface area contributed by atoms with Crippen molar-refractivity contribution in [3.05, 3.63) is 12.2 Å². The van der Waals surface area contributed by atoms with Crippen LogP contribution in [0.5, 0.6) is 0 Å². The van der Waals surface area contributed by atoms with Gasteiger partial charge in [-0.3, -0.25) is 0 Å². The van der Waals surface area contributed by atoms with Crippen LogP contribution < -0.4 is 5.48 Å². The van der Waals surface area contributed by atoms with E-state index in [4.69, 9.17) is 0 Å². The van der Waals surface area contributed by atoms with Gasteiger partial charge in [-0.15, -0.1) is 0 Å². The van der Waals surface area contributed by atoms with Crippen LogP contribution in [0.3, 0.4) is 0 Å². The van der Waals surface area contributed by atoms with E-state index in [2.05, 4.69) is 31.1 Å². The first-order chi connectivity index (χ1) is 8.84. The van der Waals surface area contributed by atoms with Crippen LogP contribution in [0.1, 0.15) is 52.9 Å². The summed E-state index contributed by atoms with van der Waals surface area (Å²) < 4.78 is 0. The first kappa shape index (κ1) is 14.5. The predicted molar refractivity (Wildman–Crippen MR) is 75.5 cm³/mol. The minimum atomic E-state index is -0.629. The van der Waals surface area contributed by atoms with Gasteiger partial charge in [0.05, 0.1) is 11.3 Å². The maximum Gasteiger partial charge on any atom is 0.0815 e. The summed E-state index contributed by atoms with van der Waals surface area (Å²) in [6.45, 7) is 10.7. The van der Waals surface area contributed by atoms with E-state index >= 15 is 0 Å². The van der Waals surface area contributed by atoms with Gasteiger partial charge in [0, 0.05) is 0 Å². The SMILES string of the molecule is C=C1CC/C(=N/O)[C@](C)(NO)CC[C@H]2[C@H]1CC2(C)C. The van der Waals surface area contributed by atoms with Gasteiger partial charge >= 0.3 is 0 Å². The molecular formula is C15H26N2O2. The fourth-order valence-electron chi connectivity index (χ4n) is 3.87. The van der Waals surface area contributed by atoms with E-state index < -0.39 is 5.54 Å². The lowest BCUT2D eigenvalue weighted by atomic mass is 9.52. The van der Waals surface area contributed by atoms with Crippen LogP contribution in [-0.2, 0) is 0 Å². The Labute approximate surface area is 115 Å². The van der Waals surface area contributed by atoms with Crippen LogP contribution in [0.4, 0.5) is 0 Å². The minimum absolute atomic E-state index is 0.352. The van der Waals surface area contributed by atoms with E-state index in [0.717, 1.165) is 19.3 Å². The molecule has 0 aromatic rings. The molecular weight excluding hydrogens is 240 g/mol. The van der Waals surface area contributed by atoms with E-state index in [0.29, 0.717) is 29.4 Å². The van der Waals surface area contributed by atoms with Crippen LogP contribution in [-0.4, -0.2) is 21.7 Å². The molecule has 0 bridgehead atoms. The Balaban J connectivity index is 2.24. The molecule has 0 aromatic carbocycles. The average Bonchev–Trinajstić information content (AvgIpc) is 2.39. The number of nitrogens with one attached hydrogen (secondary N) is 1. The molecule has 0 radical (unpaired) electrons. The van der Waals surface area contributed by atoms with Crippen LogP contribution in [0, 0.1) is 17.3 Å². The molecule has 2 rings (SSSR count). The van der Waals surface area contributed by atoms with Crippen molar-refractivity contribution < 1.29 is 10.4 Å². The largest absolute Gasteiger partial charge is 0.411 e. The standard InChI is InChI=1S/C15H26N2O2/c1-10-5-6-13(16-18)15(4,17-19)8-7-12-11(10)9-14(12,2)3/h11-12,17-19H,1,5-9H2,2-4H3/b16-13-/t11-,12-,15+/m0/s1. The molecule has 0 heterocycles. The Kier molecular flexibility index (Phi) is 3.76. The summed E-state index contributed by atoms with van der Waals surface area (Å²) in [5.41, 5.74) is 3.97. The number of fused-ring (bicyclic) bond motifs is 1. The monoisotopic (exact) mass is 266 g/mol. The number of allylic oxidation sites excluding steroid dienone is 1. The Bertz CT molecular complexity index is 403. The Hall–Kier alpha value is -0.870. The lowest BCUT2D eigenvalue weighted by Crippen LogP contribution is -2.49. The van der Waals surface area contributed by atoms with Crippen LogP contribution in [0.15, 0.2) is 17.3 Å². The number of nitrogens with zero attached hydrogens (tertiary/aromatic N) is 1. The van der Waals surface area contributed by atoms with Gasteiger partial charge in [0.15, 0.2) is 0 Å². The third kappa shape index (κ3) is 2.43. The molecule has 19 heavy (non-hydrogen) atoms. The second-order valence-electron chi connectivity index (χ2n) is 7.09. The molecule has 0 spiro atoms. The Morgan fingerprint density at radius 1 is 1.32 bits per heavy atom. The molecule has 0 aromatic heterocycles. The molecule has 0 aliphatic heterocycles. The zero-order valence-corrected chi connectivity index (χ0v) is 12.2. The molecule has 3 N–H and O–H groups in total. The predicted octanol–water partition coefficient (Wildman–Crippen LogP) is 3.35. The number of hydrogen-bond donors (Lipinski definition) is 3. The third-order valence-electron chi connectivity index (χ3n) is 5.40. The number of hydroxylamine groups is 1. The van der Waals surface area contributed by atoms with Crippen molar-refractivity contribution >= 4 is 5.71 Å². The fraction of sp³-hybridized carbons (Fsp3) is 0.800. The number of hydrogen-bond acceptors (Lipinski definition) is 4. The maximum atomic E-state index is 9.46. The highest BCUT2D eigenvalue weighted by Gasteiger charge is 2.49. The van der Waals surface area contributed by atoms with E-state index in [-0.39, 0.29) is 0 Å². The fourth-order valence-corrected chi connectivity index (χ4v) is 3.87. The van der Waals surface area contributed by atoms with Gasteiger partial charge in [0.25, 0.3) is 0 Å². The van der Waals surface area contributed by atoms with E-state index in [1.165, 1.54) is 12.0 Å². The Morgan fingerprint density at radius 3 is 2.53 bits per heavy atom.